The normalized spacial score (nSPS) is 10.4. The monoisotopic (exact) mass is 462 g/mol. The molecule has 0 aromatic heterocycles. The fourth-order valence-corrected chi connectivity index (χ4v) is 2.89. The highest BCUT2D eigenvalue weighted by atomic mass is 35.5. The number of benzene rings is 2. The molecule has 2 rings (SSSR count). The highest BCUT2D eigenvalue weighted by Crippen LogP contribution is 2.36. The number of nitrogens with one attached hydrogen (secondary N) is 2. The molecule has 2 aromatic rings. The van der Waals surface area contributed by atoms with E-state index in [0.717, 1.165) is 6.42 Å². The Morgan fingerprint density at radius 2 is 1.66 bits per heavy atom. The maximum atomic E-state index is 12.4. The third-order valence-corrected chi connectivity index (χ3v) is 4.51. The average Bonchev–Trinajstić information content (AvgIpc) is 2.73. The average molecular weight is 463 g/mol. The van der Waals surface area contributed by atoms with Crippen LogP contribution >= 0.6 is 11.6 Å². The summed E-state index contributed by atoms with van der Waals surface area (Å²) in [4.78, 5) is 35.5. The van der Waals surface area contributed by atoms with Gasteiger partial charge in [-0.2, -0.15) is 0 Å². The largest absolute Gasteiger partial charge is 0.493 e. The van der Waals surface area contributed by atoms with Gasteiger partial charge in [-0.3, -0.25) is 9.59 Å². The van der Waals surface area contributed by atoms with Crippen LogP contribution in [0.3, 0.4) is 0 Å². The summed E-state index contributed by atoms with van der Waals surface area (Å²) in [6.45, 7) is 5.54. The predicted molar refractivity (Wildman–Crippen MR) is 123 cm³/mol. The van der Waals surface area contributed by atoms with Crippen molar-refractivity contribution in [3.05, 3.63) is 47.0 Å². The van der Waals surface area contributed by atoms with Crippen LogP contribution in [0.5, 0.6) is 11.5 Å². The zero-order chi connectivity index (χ0) is 23.7. The third-order valence-electron chi connectivity index (χ3n) is 4.23. The van der Waals surface area contributed by atoms with Gasteiger partial charge in [0.1, 0.15) is 0 Å². The van der Waals surface area contributed by atoms with Gasteiger partial charge in [-0.25, -0.2) is 4.79 Å². The van der Waals surface area contributed by atoms with Gasteiger partial charge in [-0.05, 0) is 48.7 Å². The van der Waals surface area contributed by atoms with Crippen molar-refractivity contribution in [2.45, 2.75) is 27.2 Å². The summed E-state index contributed by atoms with van der Waals surface area (Å²) in [7, 11) is 1.45. The molecule has 2 aromatic carbocycles. The highest BCUT2D eigenvalue weighted by Gasteiger charge is 2.18. The standard InChI is InChI=1S/C23H27ClN2O6/c1-14(2)9-10-31-22-19(24)11-16(12-20(22)30-4)23(29)32-13-21(28)26-18-7-5-17(6-8-18)25-15(3)27/h5-8,11-12,14H,9-10,13H2,1-4H3,(H,25,27)(H,26,28). The molecular weight excluding hydrogens is 436 g/mol. The molecule has 0 atom stereocenters. The number of methoxy groups -OCH3 is 1. The minimum Gasteiger partial charge on any atom is -0.493 e. The fourth-order valence-electron chi connectivity index (χ4n) is 2.63. The van der Waals surface area contributed by atoms with E-state index in [9.17, 15) is 14.4 Å². The molecular formula is C23H27ClN2O6. The molecule has 9 heteroatoms. The van der Waals surface area contributed by atoms with Gasteiger partial charge >= 0.3 is 5.97 Å². The number of rotatable bonds is 10. The number of anilines is 2. The summed E-state index contributed by atoms with van der Waals surface area (Å²) in [5, 5.41) is 5.44. The number of carbonyl (C=O) groups is 3. The Hall–Kier alpha value is -3.26. The molecule has 0 spiro atoms. The van der Waals surface area contributed by atoms with Gasteiger partial charge in [-0.1, -0.05) is 25.4 Å². The van der Waals surface area contributed by atoms with Gasteiger partial charge in [0.15, 0.2) is 18.1 Å². The molecule has 0 aliphatic rings. The van der Waals surface area contributed by atoms with Crippen LogP contribution in [0, 0.1) is 5.92 Å². The Morgan fingerprint density at radius 1 is 1.03 bits per heavy atom. The van der Waals surface area contributed by atoms with E-state index < -0.39 is 18.5 Å². The first-order valence-electron chi connectivity index (χ1n) is 10.0. The van der Waals surface area contributed by atoms with Crippen molar-refractivity contribution in [3.8, 4) is 11.5 Å². The van der Waals surface area contributed by atoms with Gasteiger partial charge in [0.25, 0.3) is 5.91 Å². The molecule has 0 bridgehead atoms. The topological polar surface area (TPSA) is 103 Å². The van der Waals surface area contributed by atoms with Crippen LogP contribution in [0.25, 0.3) is 0 Å². The van der Waals surface area contributed by atoms with Crippen molar-refractivity contribution in [2.75, 3.05) is 31.0 Å². The summed E-state index contributed by atoms with van der Waals surface area (Å²) in [5.74, 6) is -0.313. The van der Waals surface area contributed by atoms with Gasteiger partial charge in [0, 0.05) is 18.3 Å². The molecule has 0 radical (unpaired) electrons. The van der Waals surface area contributed by atoms with Crippen molar-refractivity contribution in [1.29, 1.82) is 0 Å². The molecule has 8 nitrogen and oxygen atoms in total. The Balaban J connectivity index is 1.94. The second kappa shape index (κ2) is 12.0. The zero-order valence-corrected chi connectivity index (χ0v) is 19.2. The summed E-state index contributed by atoms with van der Waals surface area (Å²) in [6, 6.07) is 9.39. The van der Waals surface area contributed by atoms with Gasteiger partial charge in [0.05, 0.1) is 24.3 Å². The van der Waals surface area contributed by atoms with Crippen LogP contribution in [-0.2, 0) is 14.3 Å². The quantitative estimate of drug-likeness (QED) is 0.503. The summed E-state index contributed by atoms with van der Waals surface area (Å²) in [5.41, 5.74) is 1.23. The van der Waals surface area contributed by atoms with Crippen molar-refractivity contribution >= 4 is 40.8 Å². The highest BCUT2D eigenvalue weighted by molar-refractivity contribution is 6.32. The van der Waals surface area contributed by atoms with E-state index in [1.54, 1.807) is 24.3 Å². The van der Waals surface area contributed by atoms with E-state index in [0.29, 0.717) is 35.4 Å². The van der Waals surface area contributed by atoms with Crippen molar-refractivity contribution in [1.82, 2.24) is 0 Å². The first kappa shape index (κ1) is 25.0. The van der Waals surface area contributed by atoms with Crippen molar-refractivity contribution < 1.29 is 28.6 Å². The number of halogens is 1. The lowest BCUT2D eigenvalue weighted by Gasteiger charge is -2.14. The SMILES string of the molecule is COc1cc(C(=O)OCC(=O)Nc2ccc(NC(C)=O)cc2)cc(Cl)c1OCCC(C)C. The molecule has 2 amide bonds. The van der Waals surface area contributed by atoms with Crippen LogP contribution < -0.4 is 20.1 Å². The number of carbonyl (C=O) groups excluding carboxylic acids is 3. The lowest BCUT2D eigenvalue weighted by molar-refractivity contribution is -0.119. The fraction of sp³-hybridized carbons (Fsp3) is 0.348. The number of amides is 2. The first-order valence-corrected chi connectivity index (χ1v) is 10.4. The smallest absolute Gasteiger partial charge is 0.338 e. The van der Waals surface area contributed by atoms with Gasteiger partial charge < -0.3 is 24.8 Å². The number of hydrogen-bond donors (Lipinski definition) is 2. The molecule has 172 valence electrons. The van der Waals surface area contributed by atoms with Gasteiger partial charge in [0.2, 0.25) is 5.91 Å². The Morgan fingerprint density at radius 3 is 2.22 bits per heavy atom. The molecule has 0 saturated carbocycles. The van der Waals surface area contributed by atoms with Crippen molar-refractivity contribution in [2.24, 2.45) is 5.92 Å². The lowest BCUT2D eigenvalue weighted by Crippen LogP contribution is -2.21. The van der Waals surface area contributed by atoms with E-state index >= 15 is 0 Å². The van der Waals surface area contributed by atoms with Crippen LogP contribution in [0.4, 0.5) is 11.4 Å². The van der Waals surface area contributed by atoms with Crippen LogP contribution in [0.1, 0.15) is 37.6 Å². The minimum absolute atomic E-state index is 0.135. The molecule has 0 heterocycles. The minimum atomic E-state index is -0.727. The predicted octanol–water partition coefficient (Wildman–Crippen LogP) is 4.53. The Labute approximate surface area is 192 Å². The van der Waals surface area contributed by atoms with E-state index in [4.69, 9.17) is 25.8 Å². The Bertz CT molecular complexity index is 960. The number of ether oxygens (including phenoxy) is 3. The van der Waals surface area contributed by atoms with Crippen LogP contribution in [0.15, 0.2) is 36.4 Å². The summed E-state index contributed by atoms with van der Waals surface area (Å²) >= 11 is 6.27. The van der Waals surface area contributed by atoms with Crippen LogP contribution in [-0.4, -0.2) is 38.1 Å². The molecule has 0 fully saturated rings. The molecule has 0 aliphatic heterocycles. The lowest BCUT2D eigenvalue weighted by atomic mass is 10.1. The second-order valence-corrected chi connectivity index (χ2v) is 7.81. The molecule has 32 heavy (non-hydrogen) atoms. The van der Waals surface area contributed by atoms with Gasteiger partial charge in [-0.15, -0.1) is 0 Å². The third kappa shape index (κ3) is 7.77. The van der Waals surface area contributed by atoms with E-state index in [1.807, 2.05) is 0 Å². The van der Waals surface area contributed by atoms with Crippen LogP contribution in [0.2, 0.25) is 5.02 Å². The van der Waals surface area contributed by atoms with E-state index in [-0.39, 0.29) is 16.5 Å². The zero-order valence-electron chi connectivity index (χ0n) is 18.5. The molecule has 0 saturated heterocycles. The summed E-state index contributed by atoms with van der Waals surface area (Å²) in [6.07, 6.45) is 0.842. The number of hydrogen-bond acceptors (Lipinski definition) is 6. The maximum Gasteiger partial charge on any atom is 0.338 e. The molecule has 0 unspecified atom stereocenters. The maximum absolute atomic E-state index is 12.4. The number of esters is 1. The second-order valence-electron chi connectivity index (χ2n) is 7.40. The summed E-state index contributed by atoms with van der Waals surface area (Å²) < 4.78 is 16.1. The first-order chi connectivity index (χ1) is 15.2. The Kier molecular flexibility index (Phi) is 9.34. The van der Waals surface area contributed by atoms with E-state index in [1.165, 1.54) is 26.2 Å². The van der Waals surface area contributed by atoms with E-state index in [2.05, 4.69) is 24.5 Å². The molecule has 0 aliphatic carbocycles. The van der Waals surface area contributed by atoms with Crippen molar-refractivity contribution in [3.63, 3.8) is 0 Å². The molecule has 2 N–H and O–H groups in total.